The van der Waals surface area contributed by atoms with Crippen molar-refractivity contribution >= 4 is 5.97 Å². The molecular formula is C11H18O11. The number of carboxylic acid groups (broad SMARTS) is 1. The standard InChI is InChI=1S/C11H18O11/c12-1-2-7(6(16)10(19)20-2)21-11-5(15)3(13)4(14)8(22-11)9(17)18/h2-8,10-16,19H,1H2,(H,17,18). The van der Waals surface area contributed by atoms with Crippen molar-refractivity contribution in [3.63, 3.8) is 0 Å². The summed E-state index contributed by atoms with van der Waals surface area (Å²) in [6.07, 6.45) is -14.8. The summed E-state index contributed by atoms with van der Waals surface area (Å²) in [5, 5.41) is 66.0. The van der Waals surface area contributed by atoms with E-state index in [1.807, 2.05) is 0 Å². The molecule has 11 heteroatoms. The number of aliphatic hydroxyl groups excluding tert-OH is 6. The van der Waals surface area contributed by atoms with Gasteiger partial charge in [0, 0.05) is 0 Å². The van der Waals surface area contributed by atoms with Crippen LogP contribution in [0.15, 0.2) is 0 Å². The fraction of sp³-hybridized carbons (Fsp3) is 0.909. The Morgan fingerprint density at radius 3 is 2.14 bits per heavy atom. The van der Waals surface area contributed by atoms with E-state index < -0.39 is 67.9 Å². The van der Waals surface area contributed by atoms with Crippen LogP contribution in [-0.2, 0) is 19.0 Å². The zero-order chi connectivity index (χ0) is 16.6. The third kappa shape index (κ3) is 3.08. The molecule has 0 aromatic rings. The molecule has 2 rings (SSSR count). The number of carbonyl (C=O) groups is 1. The fourth-order valence-corrected chi connectivity index (χ4v) is 2.35. The van der Waals surface area contributed by atoms with E-state index in [4.69, 9.17) is 24.4 Å². The highest BCUT2D eigenvalue weighted by molar-refractivity contribution is 5.73. The number of aliphatic carboxylic acids is 1. The summed E-state index contributed by atoms with van der Waals surface area (Å²) in [6, 6.07) is 0. The molecule has 0 saturated carbocycles. The molecule has 2 fully saturated rings. The number of aliphatic hydroxyl groups is 6. The molecule has 2 aliphatic rings. The summed E-state index contributed by atoms with van der Waals surface area (Å²) in [5.74, 6) is -1.59. The van der Waals surface area contributed by atoms with E-state index >= 15 is 0 Å². The Morgan fingerprint density at radius 1 is 0.955 bits per heavy atom. The lowest BCUT2D eigenvalue weighted by Gasteiger charge is -2.40. The van der Waals surface area contributed by atoms with Crippen molar-refractivity contribution in [1.29, 1.82) is 0 Å². The highest BCUT2D eigenvalue weighted by atomic mass is 16.7. The Kier molecular flexibility index (Phi) is 5.32. The van der Waals surface area contributed by atoms with Crippen LogP contribution in [0.25, 0.3) is 0 Å². The summed E-state index contributed by atoms with van der Waals surface area (Å²) < 4.78 is 14.8. The van der Waals surface area contributed by atoms with Crippen LogP contribution in [0.3, 0.4) is 0 Å². The predicted octanol–water partition coefficient (Wildman–Crippen LogP) is -4.67. The van der Waals surface area contributed by atoms with Crippen LogP contribution in [0.2, 0.25) is 0 Å². The largest absolute Gasteiger partial charge is 0.479 e. The van der Waals surface area contributed by atoms with Gasteiger partial charge in [0.2, 0.25) is 0 Å². The molecule has 0 aromatic heterocycles. The van der Waals surface area contributed by atoms with Crippen LogP contribution in [0.5, 0.6) is 0 Å². The molecule has 0 amide bonds. The second-order valence-corrected chi connectivity index (χ2v) is 5.07. The Balaban J connectivity index is 2.12. The van der Waals surface area contributed by atoms with Crippen LogP contribution < -0.4 is 0 Å². The smallest absolute Gasteiger partial charge is 0.335 e. The highest BCUT2D eigenvalue weighted by Gasteiger charge is 2.51. The lowest BCUT2D eigenvalue weighted by Crippen LogP contribution is -2.61. The van der Waals surface area contributed by atoms with Crippen LogP contribution in [-0.4, -0.2) is 104 Å². The normalized spacial score (nSPS) is 49.3. The van der Waals surface area contributed by atoms with Crippen molar-refractivity contribution in [1.82, 2.24) is 0 Å². The highest BCUT2D eigenvalue weighted by Crippen LogP contribution is 2.28. The van der Waals surface area contributed by atoms with Gasteiger partial charge in [-0.15, -0.1) is 0 Å². The lowest BCUT2D eigenvalue weighted by molar-refractivity contribution is -0.311. The maximum absolute atomic E-state index is 10.9. The third-order valence-corrected chi connectivity index (χ3v) is 3.59. The SMILES string of the molecule is O=C(O)C1OC(OC2C(CO)OC(O)C2O)C(O)C(O)C1O. The van der Waals surface area contributed by atoms with Gasteiger partial charge in [0.15, 0.2) is 18.7 Å². The van der Waals surface area contributed by atoms with Crippen molar-refractivity contribution in [3.05, 3.63) is 0 Å². The molecule has 0 aliphatic carbocycles. The summed E-state index contributed by atoms with van der Waals surface area (Å²) in [4.78, 5) is 10.9. The number of hydrogen-bond acceptors (Lipinski definition) is 10. The molecule has 0 spiro atoms. The lowest BCUT2D eigenvalue weighted by atomic mass is 9.99. The molecule has 22 heavy (non-hydrogen) atoms. The Hall–Kier alpha value is -0.890. The Morgan fingerprint density at radius 2 is 1.59 bits per heavy atom. The first-order valence-corrected chi connectivity index (χ1v) is 6.48. The van der Waals surface area contributed by atoms with Crippen molar-refractivity contribution < 1.29 is 54.8 Å². The quantitative estimate of drug-likeness (QED) is 0.263. The van der Waals surface area contributed by atoms with Gasteiger partial charge in [-0.1, -0.05) is 0 Å². The zero-order valence-electron chi connectivity index (χ0n) is 11.2. The average molecular weight is 326 g/mol. The minimum Gasteiger partial charge on any atom is -0.479 e. The maximum atomic E-state index is 10.9. The summed E-state index contributed by atoms with van der Waals surface area (Å²) in [5.41, 5.74) is 0. The van der Waals surface area contributed by atoms with Gasteiger partial charge in [0.25, 0.3) is 0 Å². The van der Waals surface area contributed by atoms with Gasteiger partial charge in [-0.3, -0.25) is 0 Å². The van der Waals surface area contributed by atoms with Crippen LogP contribution >= 0.6 is 0 Å². The van der Waals surface area contributed by atoms with E-state index in [2.05, 4.69) is 0 Å². The topological polar surface area (TPSA) is 186 Å². The van der Waals surface area contributed by atoms with Gasteiger partial charge >= 0.3 is 5.97 Å². The van der Waals surface area contributed by atoms with Crippen molar-refractivity contribution in [2.24, 2.45) is 0 Å². The number of rotatable bonds is 4. The van der Waals surface area contributed by atoms with Crippen molar-refractivity contribution in [3.8, 4) is 0 Å². The average Bonchev–Trinajstić information content (AvgIpc) is 2.74. The number of carboxylic acids is 1. The third-order valence-electron chi connectivity index (χ3n) is 3.59. The summed E-state index contributed by atoms with van der Waals surface area (Å²) in [7, 11) is 0. The molecule has 2 aliphatic heterocycles. The summed E-state index contributed by atoms with van der Waals surface area (Å²) in [6.45, 7) is -0.630. The monoisotopic (exact) mass is 326 g/mol. The van der Waals surface area contributed by atoms with E-state index in [1.165, 1.54) is 0 Å². The second kappa shape index (κ2) is 6.70. The minimum atomic E-state index is -1.88. The van der Waals surface area contributed by atoms with Gasteiger partial charge in [-0.25, -0.2) is 4.79 Å². The number of ether oxygens (including phenoxy) is 3. The predicted molar refractivity (Wildman–Crippen MR) is 63.2 cm³/mol. The number of hydrogen-bond donors (Lipinski definition) is 7. The van der Waals surface area contributed by atoms with Gasteiger partial charge in [-0.2, -0.15) is 0 Å². The molecule has 7 N–H and O–H groups in total. The molecule has 0 radical (unpaired) electrons. The maximum Gasteiger partial charge on any atom is 0.335 e. The van der Waals surface area contributed by atoms with Crippen molar-refractivity contribution in [2.45, 2.75) is 55.3 Å². The van der Waals surface area contributed by atoms with Gasteiger partial charge in [-0.05, 0) is 0 Å². The first-order valence-electron chi connectivity index (χ1n) is 6.48. The fourth-order valence-electron chi connectivity index (χ4n) is 2.35. The summed E-state index contributed by atoms with van der Waals surface area (Å²) >= 11 is 0. The van der Waals surface area contributed by atoms with E-state index in [1.54, 1.807) is 0 Å². The van der Waals surface area contributed by atoms with E-state index in [-0.39, 0.29) is 0 Å². The molecule has 2 heterocycles. The molecule has 9 unspecified atom stereocenters. The zero-order valence-corrected chi connectivity index (χ0v) is 11.2. The van der Waals surface area contributed by atoms with Crippen LogP contribution in [0.1, 0.15) is 0 Å². The molecule has 0 aromatic carbocycles. The molecule has 128 valence electrons. The van der Waals surface area contributed by atoms with E-state index in [9.17, 15) is 30.3 Å². The van der Waals surface area contributed by atoms with Crippen molar-refractivity contribution in [2.75, 3.05) is 6.61 Å². The Labute approximate surface area is 123 Å². The van der Waals surface area contributed by atoms with Gasteiger partial charge in [0.05, 0.1) is 6.61 Å². The molecule has 11 nitrogen and oxygen atoms in total. The van der Waals surface area contributed by atoms with Crippen LogP contribution in [0, 0.1) is 0 Å². The van der Waals surface area contributed by atoms with Crippen LogP contribution in [0.4, 0.5) is 0 Å². The van der Waals surface area contributed by atoms with Gasteiger partial charge < -0.3 is 50.0 Å². The minimum absolute atomic E-state index is 0.630. The molecular weight excluding hydrogens is 308 g/mol. The first-order chi connectivity index (χ1) is 10.3. The molecule has 0 bridgehead atoms. The van der Waals surface area contributed by atoms with Gasteiger partial charge in [0.1, 0.15) is 36.6 Å². The van der Waals surface area contributed by atoms with E-state index in [0.717, 1.165) is 0 Å². The molecule has 2 saturated heterocycles. The first kappa shape index (κ1) is 17.5. The molecule has 9 atom stereocenters. The second-order valence-electron chi connectivity index (χ2n) is 5.07. The Bertz CT molecular complexity index is 403. The van der Waals surface area contributed by atoms with E-state index in [0.29, 0.717) is 0 Å².